The molecule has 1 aliphatic heterocycles. The molecule has 0 aromatic heterocycles. The van der Waals surface area contributed by atoms with E-state index in [1.165, 1.54) is 22.3 Å². The van der Waals surface area contributed by atoms with Gasteiger partial charge in [-0.05, 0) is 98.3 Å². The fourth-order valence-corrected chi connectivity index (χ4v) is 7.15. The second-order valence-electron chi connectivity index (χ2n) is 12.9. The predicted molar refractivity (Wildman–Crippen MR) is 185 cm³/mol. The van der Waals surface area contributed by atoms with Crippen LogP contribution in [0.25, 0.3) is 0 Å². The summed E-state index contributed by atoms with van der Waals surface area (Å²) in [5.41, 5.74) is 5.48. The lowest BCUT2D eigenvalue weighted by Crippen LogP contribution is -2.64. The molecule has 1 heterocycles. The lowest BCUT2D eigenvalue weighted by molar-refractivity contribution is -0.247. The number of allylic oxidation sites excluding steroid dienone is 8. The maximum Gasteiger partial charge on any atom is 0.483 e. The number of hydrogen-bond donors (Lipinski definition) is 6. The Kier molecular flexibility index (Phi) is 20.8. The van der Waals surface area contributed by atoms with E-state index in [0.29, 0.717) is 6.42 Å². The van der Waals surface area contributed by atoms with Crippen molar-refractivity contribution in [2.24, 2.45) is 5.92 Å². The molecule has 6 N–H and O–H groups in total. The molecule has 8 atom stereocenters. The van der Waals surface area contributed by atoms with Gasteiger partial charge in [0.25, 0.3) is 0 Å². The van der Waals surface area contributed by atoms with Crippen LogP contribution in [0.1, 0.15) is 106 Å². The predicted octanol–water partition coefficient (Wildman–Crippen LogP) is 6.13. The van der Waals surface area contributed by atoms with Crippen LogP contribution in [0.3, 0.4) is 0 Å². The van der Waals surface area contributed by atoms with E-state index >= 15 is 0 Å². The fraction of sp³-hybridized carbons (Fsp3) is 0.727. The molecule has 1 fully saturated rings. The second-order valence-corrected chi connectivity index (χ2v) is 15.9. The van der Waals surface area contributed by atoms with E-state index in [4.69, 9.17) is 13.8 Å². The van der Waals surface area contributed by atoms with Crippen LogP contribution in [0.4, 0.5) is 0 Å². The van der Waals surface area contributed by atoms with Crippen LogP contribution in [-0.4, -0.2) is 74.9 Å². The minimum Gasteiger partial charge on any atom is -0.394 e. The second kappa shape index (κ2) is 22.4. The SMILES string of the molecule is CC(=O)N[C@H]1[C@@H](OP(=O)(O)OP(=O)(O)OCCC(C)CC/C=C(/C)CC/C=C(\C)CC/C=C(\C)CCC=C(C)C)O[C@H](CO)[C@@H](O)[C@@H]1O. The summed E-state index contributed by atoms with van der Waals surface area (Å²) in [5.74, 6) is -0.585. The Morgan fingerprint density at radius 1 is 0.812 bits per heavy atom. The monoisotopic (exact) mass is 723 g/mol. The van der Waals surface area contributed by atoms with Crippen molar-refractivity contribution in [3.8, 4) is 0 Å². The number of amides is 1. The molecule has 48 heavy (non-hydrogen) atoms. The molecule has 0 saturated carbocycles. The number of rotatable bonds is 22. The smallest absolute Gasteiger partial charge is 0.394 e. The molecule has 1 rings (SSSR count). The average molecular weight is 724 g/mol. The van der Waals surface area contributed by atoms with Crippen LogP contribution in [0.2, 0.25) is 0 Å². The number of phosphoric ester groups is 2. The summed E-state index contributed by atoms with van der Waals surface area (Å²) >= 11 is 0. The van der Waals surface area contributed by atoms with E-state index in [2.05, 4.69) is 68.6 Å². The lowest BCUT2D eigenvalue weighted by atomic mass is 9.97. The van der Waals surface area contributed by atoms with Gasteiger partial charge >= 0.3 is 15.6 Å². The van der Waals surface area contributed by atoms with E-state index in [1.54, 1.807) is 0 Å². The fourth-order valence-electron chi connectivity index (χ4n) is 4.98. The highest BCUT2D eigenvalue weighted by atomic mass is 31.3. The Labute approximate surface area is 286 Å². The normalized spacial score (nSPS) is 25.6. The third-order valence-electron chi connectivity index (χ3n) is 7.87. The minimum atomic E-state index is -5.38. The maximum absolute atomic E-state index is 12.5. The van der Waals surface area contributed by atoms with E-state index in [9.17, 15) is 39.0 Å². The van der Waals surface area contributed by atoms with Crippen molar-refractivity contribution in [2.75, 3.05) is 13.2 Å². The molecular weight excluding hydrogens is 664 g/mol. The van der Waals surface area contributed by atoms with Crippen molar-refractivity contribution in [1.29, 1.82) is 0 Å². The van der Waals surface area contributed by atoms with Crippen LogP contribution in [0.15, 0.2) is 46.6 Å². The van der Waals surface area contributed by atoms with Crippen molar-refractivity contribution in [1.82, 2.24) is 5.32 Å². The highest BCUT2D eigenvalue weighted by Crippen LogP contribution is 2.61. The number of phosphoric acid groups is 2. The first-order valence-corrected chi connectivity index (χ1v) is 19.5. The van der Waals surface area contributed by atoms with Crippen molar-refractivity contribution >= 4 is 21.6 Å². The van der Waals surface area contributed by atoms with Gasteiger partial charge in [-0.3, -0.25) is 13.8 Å². The van der Waals surface area contributed by atoms with Crippen molar-refractivity contribution in [3.63, 3.8) is 0 Å². The molecule has 1 amide bonds. The van der Waals surface area contributed by atoms with Crippen molar-refractivity contribution in [3.05, 3.63) is 46.6 Å². The zero-order chi connectivity index (χ0) is 36.5. The van der Waals surface area contributed by atoms with Crippen molar-refractivity contribution < 1.29 is 57.1 Å². The molecule has 13 nitrogen and oxygen atoms in total. The summed E-state index contributed by atoms with van der Waals surface area (Å²) in [5, 5.41) is 31.9. The molecule has 0 radical (unpaired) electrons. The van der Waals surface area contributed by atoms with E-state index in [0.717, 1.165) is 58.3 Å². The summed E-state index contributed by atoms with van der Waals surface area (Å²) < 4.78 is 44.2. The summed E-state index contributed by atoms with van der Waals surface area (Å²) in [6.45, 7) is 12.7. The van der Waals surface area contributed by atoms with Gasteiger partial charge in [-0.25, -0.2) is 9.13 Å². The molecule has 0 aromatic rings. The number of carbonyl (C=O) groups excluding carboxylic acids is 1. The number of aliphatic hydroxyl groups excluding tert-OH is 3. The van der Waals surface area contributed by atoms with Crippen LogP contribution in [-0.2, 0) is 32.0 Å². The molecule has 15 heteroatoms. The number of carbonyl (C=O) groups is 1. The van der Waals surface area contributed by atoms with Gasteiger partial charge in [0.15, 0.2) is 6.29 Å². The highest BCUT2D eigenvalue weighted by Gasteiger charge is 2.49. The minimum absolute atomic E-state index is 0.115. The molecule has 0 aromatic carbocycles. The summed E-state index contributed by atoms with van der Waals surface area (Å²) in [6, 6.07) is -1.56. The molecule has 0 aliphatic carbocycles. The van der Waals surface area contributed by atoms with Crippen molar-refractivity contribution in [2.45, 2.75) is 137 Å². The van der Waals surface area contributed by atoms with Gasteiger partial charge in [-0.2, -0.15) is 4.31 Å². The summed E-state index contributed by atoms with van der Waals surface area (Å²) in [6.07, 6.45) is 10.6. The van der Waals surface area contributed by atoms with Gasteiger partial charge in [0.05, 0.1) is 13.2 Å². The Morgan fingerprint density at radius 2 is 1.33 bits per heavy atom. The largest absolute Gasteiger partial charge is 0.483 e. The molecule has 0 bridgehead atoms. The molecule has 0 spiro atoms. The molecular formula is C33H59NO12P2. The van der Waals surface area contributed by atoms with Gasteiger partial charge in [0.2, 0.25) is 5.91 Å². The van der Waals surface area contributed by atoms with Gasteiger partial charge in [0, 0.05) is 6.92 Å². The average Bonchev–Trinajstić information content (AvgIpc) is 2.95. The summed E-state index contributed by atoms with van der Waals surface area (Å²) in [7, 11) is -10.5. The van der Waals surface area contributed by atoms with Gasteiger partial charge in [0.1, 0.15) is 24.4 Å². The number of aliphatic hydroxyl groups is 3. The topological polar surface area (TPSA) is 201 Å². The van der Waals surface area contributed by atoms with Crippen LogP contribution >= 0.6 is 15.6 Å². The molecule has 1 saturated heterocycles. The zero-order valence-electron chi connectivity index (χ0n) is 29.5. The van der Waals surface area contributed by atoms with Crippen LogP contribution in [0.5, 0.6) is 0 Å². The Bertz CT molecular complexity index is 1210. The molecule has 1 aliphatic rings. The van der Waals surface area contributed by atoms with E-state index in [1.807, 2.05) is 6.92 Å². The first kappa shape index (κ1) is 44.6. The first-order chi connectivity index (χ1) is 22.4. The van der Waals surface area contributed by atoms with Gasteiger partial charge < -0.3 is 35.2 Å². The molecule has 278 valence electrons. The zero-order valence-corrected chi connectivity index (χ0v) is 31.3. The first-order valence-electron chi connectivity index (χ1n) is 16.6. The Balaban J connectivity index is 2.45. The third-order valence-corrected chi connectivity index (χ3v) is 10.5. The van der Waals surface area contributed by atoms with Crippen LogP contribution < -0.4 is 5.32 Å². The van der Waals surface area contributed by atoms with Gasteiger partial charge in [-0.15, -0.1) is 0 Å². The highest BCUT2D eigenvalue weighted by molar-refractivity contribution is 7.61. The number of ether oxygens (including phenoxy) is 1. The van der Waals surface area contributed by atoms with Gasteiger partial charge in [-0.1, -0.05) is 53.5 Å². The lowest BCUT2D eigenvalue weighted by Gasteiger charge is -2.42. The number of nitrogens with one attached hydrogen (secondary N) is 1. The van der Waals surface area contributed by atoms with E-state index < -0.39 is 58.8 Å². The third kappa shape index (κ3) is 19.1. The Morgan fingerprint density at radius 3 is 1.83 bits per heavy atom. The number of hydrogen-bond acceptors (Lipinski definition) is 10. The maximum atomic E-state index is 12.5. The van der Waals surface area contributed by atoms with E-state index in [-0.39, 0.29) is 12.5 Å². The molecule has 3 unspecified atom stereocenters. The van der Waals surface area contributed by atoms with Crippen LogP contribution in [0, 0.1) is 5.92 Å². The quantitative estimate of drug-likeness (QED) is 0.0552. The standard InChI is InChI=1S/C33H59NO12P2/c1-23(2)12-8-13-24(3)14-9-15-25(4)16-10-17-26(5)18-11-19-27(6)20-21-43-47(39,40)46-48(41,42)45-33-30(34-28(7)36)32(38)31(37)29(22-35)44-33/h12,14,16,18,27,29-33,35,37-38H,8-11,13,15,17,19-22H2,1-7H3,(H,34,36)(H,39,40)(H,41,42)/b24-14+,25-16+,26-18-/t27?,29-,30-,31-,32-,33-/m1/s1. The summed E-state index contributed by atoms with van der Waals surface area (Å²) in [4.78, 5) is 31.7. The Hall–Kier alpha value is -1.47.